The Morgan fingerprint density at radius 2 is 1.84 bits per heavy atom. The Morgan fingerprint density at radius 3 is 2.36 bits per heavy atom. The Balaban J connectivity index is 2.40. The number of hydrogen-bond acceptors (Lipinski definition) is 5. The van der Waals surface area contributed by atoms with Gasteiger partial charge in [0.05, 0.1) is 31.3 Å². The summed E-state index contributed by atoms with van der Waals surface area (Å²) in [5.74, 6) is -1.48. The third kappa shape index (κ3) is 3.98. The fourth-order valence-corrected chi connectivity index (χ4v) is 2.78. The van der Waals surface area contributed by atoms with E-state index >= 15 is 0 Å². The van der Waals surface area contributed by atoms with Gasteiger partial charge in [0, 0.05) is 5.82 Å². The summed E-state index contributed by atoms with van der Waals surface area (Å²) >= 11 is 0. The van der Waals surface area contributed by atoms with Gasteiger partial charge < -0.3 is 18.8 Å². The topological polar surface area (TPSA) is 54.0 Å². The van der Waals surface area contributed by atoms with E-state index < -0.39 is 35.9 Å². The normalized spacial score (nSPS) is 19.6. The van der Waals surface area contributed by atoms with E-state index in [0.717, 1.165) is 0 Å². The number of ether oxygens (including phenoxy) is 2. The third-order valence-corrected chi connectivity index (χ3v) is 4.90. The number of benzene rings is 1. The van der Waals surface area contributed by atoms with Gasteiger partial charge in [0.1, 0.15) is 0 Å². The minimum atomic E-state index is -0.768. The molecule has 1 aliphatic rings. The largest absolute Gasteiger partial charge is 0.494 e. The Morgan fingerprint density at radius 1 is 1.24 bits per heavy atom. The number of halogens is 1. The molecule has 1 heterocycles. The monoisotopic (exact) mass is 352 g/mol. The van der Waals surface area contributed by atoms with Gasteiger partial charge in [-0.05, 0) is 46.2 Å². The van der Waals surface area contributed by atoms with Gasteiger partial charge >= 0.3 is 13.1 Å². The van der Waals surface area contributed by atoms with Gasteiger partial charge in [-0.2, -0.15) is 0 Å². The average Bonchev–Trinajstić information content (AvgIpc) is 2.74. The summed E-state index contributed by atoms with van der Waals surface area (Å²) in [5, 5.41) is 0. The fourth-order valence-electron chi connectivity index (χ4n) is 2.78. The molecule has 7 heteroatoms. The summed E-state index contributed by atoms with van der Waals surface area (Å²) in [5.41, 5.74) is -0.856. The molecule has 1 aromatic rings. The van der Waals surface area contributed by atoms with Crippen LogP contribution in [-0.4, -0.2) is 38.0 Å². The second kappa shape index (κ2) is 7.34. The summed E-state index contributed by atoms with van der Waals surface area (Å²) in [7, 11) is 0.633. The molecule has 1 unspecified atom stereocenters. The van der Waals surface area contributed by atoms with E-state index in [2.05, 4.69) is 0 Å². The van der Waals surface area contributed by atoms with Crippen molar-refractivity contribution in [3.8, 4) is 5.75 Å². The Kier molecular flexibility index (Phi) is 5.79. The number of carbonyl (C=O) groups excluding carboxylic acids is 1. The molecule has 1 saturated heterocycles. The maximum atomic E-state index is 14.8. The van der Waals surface area contributed by atoms with Crippen LogP contribution < -0.4 is 4.74 Å². The zero-order chi connectivity index (χ0) is 18.8. The lowest BCUT2D eigenvalue weighted by molar-refractivity contribution is -0.143. The van der Waals surface area contributed by atoms with E-state index in [9.17, 15) is 9.18 Å². The highest BCUT2D eigenvalue weighted by Gasteiger charge is 2.54. The van der Waals surface area contributed by atoms with Crippen LogP contribution in [0.5, 0.6) is 5.75 Å². The molecular formula is C18H26BFO5. The van der Waals surface area contributed by atoms with E-state index in [-0.39, 0.29) is 18.8 Å². The highest BCUT2D eigenvalue weighted by Crippen LogP contribution is 2.42. The second-order valence-electron chi connectivity index (χ2n) is 7.10. The maximum Gasteiger partial charge on any atom is 0.466 e. The smallest absolute Gasteiger partial charge is 0.466 e. The van der Waals surface area contributed by atoms with Crippen molar-refractivity contribution < 1.29 is 28.0 Å². The van der Waals surface area contributed by atoms with Crippen molar-refractivity contribution in [3.63, 3.8) is 0 Å². The molecule has 25 heavy (non-hydrogen) atoms. The SMILES string of the molecule is CCOC(=O)CC(B1OC(C)(C)C(C)(C)O1)c1cccc(OC)c1F. The Labute approximate surface area is 148 Å². The van der Waals surface area contributed by atoms with Gasteiger partial charge in [-0.25, -0.2) is 4.39 Å². The van der Waals surface area contributed by atoms with Crippen molar-refractivity contribution in [1.29, 1.82) is 0 Å². The summed E-state index contributed by atoms with van der Waals surface area (Å²) < 4.78 is 37.0. The lowest BCUT2D eigenvalue weighted by Crippen LogP contribution is -2.41. The van der Waals surface area contributed by atoms with Crippen LogP contribution in [0.4, 0.5) is 4.39 Å². The first-order valence-corrected chi connectivity index (χ1v) is 8.46. The molecule has 2 rings (SSSR count). The van der Waals surface area contributed by atoms with Gasteiger partial charge in [0.25, 0.3) is 0 Å². The third-order valence-electron chi connectivity index (χ3n) is 4.90. The Bertz CT molecular complexity index is 616. The highest BCUT2D eigenvalue weighted by molar-refractivity contribution is 6.48. The van der Waals surface area contributed by atoms with Gasteiger partial charge in [0.15, 0.2) is 11.6 Å². The minimum Gasteiger partial charge on any atom is -0.494 e. The number of esters is 1. The van der Waals surface area contributed by atoms with E-state index in [4.69, 9.17) is 18.8 Å². The molecule has 0 saturated carbocycles. The molecule has 0 radical (unpaired) electrons. The summed E-state index contributed by atoms with van der Waals surface area (Å²) in [4.78, 5) is 12.1. The van der Waals surface area contributed by atoms with Gasteiger partial charge in [-0.15, -0.1) is 0 Å². The van der Waals surface area contributed by atoms with E-state index in [1.54, 1.807) is 19.1 Å². The first-order valence-electron chi connectivity index (χ1n) is 8.46. The van der Waals surface area contributed by atoms with Crippen LogP contribution in [0.2, 0.25) is 0 Å². The summed E-state index contributed by atoms with van der Waals surface area (Å²) in [6.07, 6.45) is -0.0469. The molecule has 5 nitrogen and oxygen atoms in total. The molecule has 0 aromatic heterocycles. The summed E-state index contributed by atoms with van der Waals surface area (Å²) in [6, 6.07) is 4.83. The lowest BCUT2D eigenvalue weighted by Gasteiger charge is -2.32. The van der Waals surface area contributed by atoms with E-state index in [1.165, 1.54) is 13.2 Å². The van der Waals surface area contributed by atoms with Gasteiger partial charge in [-0.3, -0.25) is 4.79 Å². The molecule has 1 atom stereocenters. The van der Waals surface area contributed by atoms with Crippen LogP contribution in [0.3, 0.4) is 0 Å². The van der Waals surface area contributed by atoms with Crippen molar-refractivity contribution in [1.82, 2.24) is 0 Å². The molecule has 0 bridgehead atoms. The minimum absolute atomic E-state index is 0.0469. The van der Waals surface area contributed by atoms with Crippen LogP contribution in [0.1, 0.15) is 52.4 Å². The van der Waals surface area contributed by atoms with Crippen molar-refractivity contribution >= 4 is 13.1 Å². The molecule has 1 aromatic carbocycles. The predicted molar refractivity (Wildman–Crippen MR) is 93.0 cm³/mol. The fraction of sp³-hybridized carbons (Fsp3) is 0.611. The molecule has 0 spiro atoms. The van der Waals surface area contributed by atoms with Crippen molar-refractivity contribution in [2.45, 2.75) is 58.1 Å². The molecule has 0 amide bonds. The van der Waals surface area contributed by atoms with E-state index in [1.807, 2.05) is 27.7 Å². The van der Waals surface area contributed by atoms with Crippen LogP contribution in [0.25, 0.3) is 0 Å². The standard InChI is InChI=1S/C18H26BFO5/c1-7-23-15(21)11-13(12-9-8-10-14(22-6)16(12)20)19-24-17(2,3)18(4,5)25-19/h8-10,13H,7,11H2,1-6H3. The number of hydrogen-bond donors (Lipinski definition) is 0. The quantitative estimate of drug-likeness (QED) is 0.579. The highest BCUT2D eigenvalue weighted by atomic mass is 19.1. The molecule has 1 aliphatic heterocycles. The molecule has 1 fully saturated rings. The van der Waals surface area contributed by atoms with Gasteiger partial charge in [-0.1, -0.05) is 12.1 Å². The first kappa shape index (κ1) is 19.7. The zero-order valence-electron chi connectivity index (χ0n) is 15.7. The molecule has 0 N–H and O–H groups in total. The number of carbonyl (C=O) groups is 1. The summed E-state index contributed by atoms with van der Waals surface area (Å²) in [6.45, 7) is 9.64. The van der Waals surface area contributed by atoms with E-state index in [0.29, 0.717) is 5.56 Å². The number of methoxy groups -OCH3 is 1. The van der Waals surface area contributed by atoms with Crippen LogP contribution in [0.15, 0.2) is 18.2 Å². The van der Waals surface area contributed by atoms with Crippen molar-refractivity contribution in [3.05, 3.63) is 29.6 Å². The van der Waals surface area contributed by atoms with Crippen LogP contribution in [-0.2, 0) is 18.8 Å². The number of rotatable bonds is 6. The first-order chi connectivity index (χ1) is 11.6. The van der Waals surface area contributed by atoms with Gasteiger partial charge in [0.2, 0.25) is 0 Å². The average molecular weight is 352 g/mol. The Hall–Kier alpha value is -1.60. The van der Waals surface area contributed by atoms with Crippen molar-refractivity contribution in [2.24, 2.45) is 0 Å². The van der Waals surface area contributed by atoms with Crippen molar-refractivity contribution in [2.75, 3.05) is 13.7 Å². The molecule has 0 aliphatic carbocycles. The second-order valence-corrected chi connectivity index (χ2v) is 7.10. The predicted octanol–water partition coefficient (Wildman–Crippen LogP) is 3.50. The lowest BCUT2D eigenvalue weighted by atomic mass is 9.66. The maximum absolute atomic E-state index is 14.8. The van der Waals surface area contributed by atoms with Crippen LogP contribution in [0, 0.1) is 5.82 Å². The molecular weight excluding hydrogens is 326 g/mol. The molecule has 138 valence electrons. The zero-order valence-corrected chi connectivity index (χ0v) is 15.7. The van der Waals surface area contributed by atoms with Crippen LogP contribution >= 0.6 is 0 Å².